The molecule has 1 aromatic heterocycles. The number of hydrogen-bond donors (Lipinski definition) is 2. The second kappa shape index (κ2) is 12.3. The lowest BCUT2D eigenvalue weighted by Gasteiger charge is -2.16. The fourth-order valence-electron chi connectivity index (χ4n) is 4.24. The van der Waals surface area contributed by atoms with E-state index in [-0.39, 0.29) is 35.9 Å². The van der Waals surface area contributed by atoms with Gasteiger partial charge in [-0.3, -0.25) is 9.78 Å². The zero-order valence-corrected chi connectivity index (χ0v) is 24.3. The maximum atomic E-state index is 13.2. The van der Waals surface area contributed by atoms with Crippen molar-refractivity contribution in [3.05, 3.63) is 90.0 Å². The molecule has 0 saturated heterocycles. The molecule has 0 atom stereocenters. The van der Waals surface area contributed by atoms with Crippen molar-refractivity contribution < 1.29 is 31.1 Å². The molecular formula is C30H27N5O7S. The number of fused-ring (bicyclic) bond motifs is 1. The Kier molecular flexibility index (Phi) is 8.33. The van der Waals surface area contributed by atoms with Crippen molar-refractivity contribution in [2.45, 2.75) is 6.92 Å². The number of carbonyl (C=O) groups is 1. The van der Waals surface area contributed by atoms with Gasteiger partial charge in [-0.2, -0.15) is 5.26 Å². The van der Waals surface area contributed by atoms with E-state index in [2.05, 4.69) is 21.7 Å². The van der Waals surface area contributed by atoms with Crippen LogP contribution in [0.3, 0.4) is 0 Å². The molecule has 1 aliphatic rings. The molecule has 2 heterocycles. The Bertz CT molecular complexity index is 1850. The Morgan fingerprint density at radius 2 is 1.77 bits per heavy atom. The molecule has 0 fully saturated rings. The number of para-hydroxylation sites is 1. The molecule has 12 nitrogen and oxygen atoms in total. The number of nitriles is 1. The van der Waals surface area contributed by atoms with Gasteiger partial charge in [0, 0.05) is 23.3 Å². The number of carbonyl (C=O) groups excluding carboxylic acids is 1. The predicted octanol–water partition coefficient (Wildman–Crippen LogP) is 5.04. The first-order valence-corrected chi connectivity index (χ1v) is 14.4. The Hall–Kier alpha value is -5.32. The van der Waals surface area contributed by atoms with Crippen LogP contribution in [0.2, 0.25) is 0 Å². The van der Waals surface area contributed by atoms with Gasteiger partial charge in [0.15, 0.2) is 5.76 Å². The van der Waals surface area contributed by atoms with Crippen LogP contribution in [0.15, 0.2) is 84.4 Å². The van der Waals surface area contributed by atoms with Crippen LogP contribution in [0.4, 0.5) is 17.1 Å². The van der Waals surface area contributed by atoms with E-state index in [0.717, 1.165) is 0 Å². The van der Waals surface area contributed by atoms with Crippen molar-refractivity contribution in [3.63, 3.8) is 0 Å². The number of anilines is 3. The number of nitrogens with one attached hydrogen (secondary N) is 2. The van der Waals surface area contributed by atoms with E-state index in [1.54, 1.807) is 62.3 Å². The summed E-state index contributed by atoms with van der Waals surface area (Å²) < 4.78 is 45.3. The zero-order chi connectivity index (χ0) is 30.6. The number of nitrogens with zero attached hydrogens (tertiary/aromatic N) is 3. The third-order valence-electron chi connectivity index (χ3n) is 6.05. The van der Waals surface area contributed by atoms with Crippen LogP contribution < -0.4 is 20.1 Å². The normalized spacial score (nSPS) is 13.7. The fraction of sp³-hybridized carbons (Fsp3) is 0.167. The van der Waals surface area contributed by atoms with Gasteiger partial charge in [0.2, 0.25) is 0 Å². The first-order chi connectivity index (χ1) is 20.7. The van der Waals surface area contributed by atoms with Crippen LogP contribution in [-0.2, 0) is 23.6 Å². The van der Waals surface area contributed by atoms with Crippen molar-refractivity contribution in [1.29, 1.82) is 5.26 Å². The van der Waals surface area contributed by atoms with E-state index in [4.69, 9.17) is 17.8 Å². The van der Waals surface area contributed by atoms with Crippen LogP contribution in [0.25, 0.3) is 10.9 Å². The molecule has 0 bridgehead atoms. The van der Waals surface area contributed by atoms with Gasteiger partial charge in [-0.15, -0.1) is 8.42 Å². The summed E-state index contributed by atoms with van der Waals surface area (Å²) in [5.41, 5.74) is 2.06. The summed E-state index contributed by atoms with van der Waals surface area (Å²) in [4.78, 5) is 19.3. The minimum absolute atomic E-state index is 0.0106. The van der Waals surface area contributed by atoms with Crippen LogP contribution in [0.1, 0.15) is 12.5 Å². The van der Waals surface area contributed by atoms with Crippen LogP contribution in [-0.4, -0.2) is 51.5 Å². The minimum atomic E-state index is -4.41. The fourth-order valence-corrected chi connectivity index (χ4v) is 5.02. The zero-order valence-electron chi connectivity index (χ0n) is 23.5. The molecule has 1 amide bonds. The highest BCUT2D eigenvalue weighted by molar-refractivity contribution is 7.82. The molecule has 220 valence electrons. The second-order valence-electron chi connectivity index (χ2n) is 9.54. The summed E-state index contributed by atoms with van der Waals surface area (Å²) in [6.45, 7) is 2.06. The van der Waals surface area contributed by atoms with E-state index in [9.17, 15) is 18.5 Å². The molecule has 13 heteroatoms. The first-order valence-electron chi connectivity index (χ1n) is 13.1. The van der Waals surface area contributed by atoms with Crippen LogP contribution in [0.5, 0.6) is 17.2 Å². The molecule has 43 heavy (non-hydrogen) atoms. The van der Waals surface area contributed by atoms with Gasteiger partial charge in [-0.25, -0.2) is 0 Å². The number of ether oxygens (including phenoxy) is 2. The summed E-state index contributed by atoms with van der Waals surface area (Å²) >= 11 is 0. The third kappa shape index (κ3) is 6.78. The Morgan fingerprint density at radius 3 is 2.44 bits per heavy atom. The molecule has 3 aromatic carbocycles. The summed E-state index contributed by atoms with van der Waals surface area (Å²) in [6, 6.07) is 21.9. The van der Waals surface area contributed by atoms with Crippen molar-refractivity contribution in [2.24, 2.45) is 0 Å². The topological polar surface area (TPSA) is 152 Å². The van der Waals surface area contributed by atoms with Crippen LogP contribution >= 0.6 is 0 Å². The van der Waals surface area contributed by atoms with Gasteiger partial charge in [-0.1, -0.05) is 18.2 Å². The first kappa shape index (κ1) is 29.2. The molecule has 5 rings (SSSR count). The van der Waals surface area contributed by atoms with Gasteiger partial charge < -0.3 is 33.4 Å². The third-order valence-corrected chi connectivity index (χ3v) is 6.82. The van der Waals surface area contributed by atoms with Crippen molar-refractivity contribution in [2.75, 3.05) is 37.9 Å². The molecule has 2 N–H and O–H groups in total. The molecule has 1 aliphatic heterocycles. The lowest BCUT2D eigenvalue weighted by atomic mass is 10.1. The Labute approximate surface area is 248 Å². The largest absolute Gasteiger partial charge is 0.501 e. The minimum Gasteiger partial charge on any atom is -0.492 e. The van der Waals surface area contributed by atoms with E-state index in [1.165, 1.54) is 6.20 Å². The average molecular weight is 602 g/mol. The highest BCUT2D eigenvalue weighted by Gasteiger charge is 2.36. The SMILES string of the molecule is CCOc1cc2ncc(C#N)c(Nc3ccc(Oc4ccccc4)cc3)c2cc1NC(=O)C1=C(CN(C)C)OS(=O)(=O)O1. The highest BCUT2D eigenvalue weighted by Crippen LogP contribution is 2.37. The molecule has 4 aromatic rings. The standard InChI is InChI=1S/C30H27N5O7S/c1-4-39-26-15-24-23(14-25(26)34-30(36)29-27(18-35(2)3)41-43(37,38)42-29)28(19(16-31)17-32-24)33-20-10-12-22(13-11-20)40-21-8-6-5-7-9-21/h5-15,17H,4,18H2,1-3H3,(H,32,33)(H,34,36). The van der Waals surface area contributed by atoms with Gasteiger partial charge in [0.25, 0.3) is 11.7 Å². The predicted molar refractivity (Wildman–Crippen MR) is 159 cm³/mol. The van der Waals surface area contributed by atoms with E-state index >= 15 is 0 Å². The molecule has 0 unspecified atom stereocenters. The maximum Gasteiger partial charge on any atom is 0.501 e. The maximum absolute atomic E-state index is 13.2. The highest BCUT2D eigenvalue weighted by atomic mass is 32.3. The number of likely N-dealkylation sites (N-methyl/N-ethyl adjacent to an activating group) is 1. The average Bonchev–Trinajstić information content (AvgIpc) is 3.28. The number of pyridine rings is 1. The molecule has 0 radical (unpaired) electrons. The quantitative estimate of drug-likeness (QED) is 0.251. The number of aromatic nitrogens is 1. The lowest BCUT2D eigenvalue weighted by Crippen LogP contribution is -2.20. The summed E-state index contributed by atoms with van der Waals surface area (Å²) in [5.74, 6) is 0.113. The molecule has 0 saturated carbocycles. The molecule has 0 spiro atoms. The smallest absolute Gasteiger partial charge is 0.492 e. The molecule has 0 aliphatic carbocycles. The lowest BCUT2D eigenvalue weighted by molar-refractivity contribution is -0.114. The summed E-state index contributed by atoms with van der Waals surface area (Å²) in [7, 11) is -1.04. The van der Waals surface area contributed by atoms with Crippen molar-refractivity contribution in [1.82, 2.24) is 9.88 Å². The van der Waals surface area contributed by atoms with E-state index in [0.29, 0.717) is 33.8 Å². The van der Waals surface area contributed by atoms with Gasteiger partial charge in [0.1, 0.15) is 23.3 Å². The molecular weight excluding hydrogens is 574 g/mol. The number of benzene rings is 3. The van der Waals surface area contributed by atoms with Gasteiger partial charge >= 0.3 is 10.4 Å². The Balaban J connectivity index is 1.49. The van der Waals surface area contributed by atoms with Crippen molar-refractivity contribution in [3.8, 4) is 23.3 Å². The summed E-state index contributed by atoms with van der Waals surface area (Å²) in [5, 5.41) is 16.3. The van der Waals surface area contributed by atoms with E-state index in [1.807, 2.05) is 30.3 Å². The summed E-state index contributed by atoms with van der Waals surface area (Å²) in [6.07, 6.45) is 1.44. The number of hydrogen-bond acceptors (Lipinski definition) is 11. The van der Waals surface area contributed by atoms with Crippen molar-refractivity contribution >= 4 is 44.3 Å². The van der Waals surface area contributed by atoms with Gasteiger partial charge in [0.05, 0.1) is 35.6 Å². The number of amides is 1. The van der Waals surface area contributed by atoms with E-state index < -0.39 is 22.1 Å². The monoisotopic (exact) mass is 601 g/mol. The number of rotatable bonds is 10. The van der Waals surface area contributed by atoms with Crippen LogP contribution in [0, 0.1) is 11.3 Å². The van der Waals surface area contributed by atoms with Gasteiger partial charge in [-0.05, 0) is 63.5 Å². The Morgan fingerprint density at radius 1 is 1.05 bits per heavy atom. The second-order valence-corrected chi connectivity index (χ2v) is 10.7.